The van der Waals surface area contributed by atoms with Crippen LogP contribution in [0.5, 0.6) is 11.5 Å². The van der Waals surface area contributed by atoms with Gasteiger partial charge in [-0.2, -0.15) is 0 Å². The molecule has 0 spiro atoms. The van der Waals surface area contributed by atoms with Gasteiger partial charge in [0.2, 0.25) is 5.91 Å². The van der Waals surface area contributed by atoms with E-state index in [1.165, 1.54) is 44.1 Å². The molecule has 0 fully saturated rings. The van der Waals surface area contributed by atoms with Crippen molar-refractivity contribution in [2.45, 2.75) is 26.3 Å². The number of nitrogens with zero attached hydrogens (tertiary/aromatic N) is 1. The number of likely N-dealkylation sites (N-methyl/N-ethyl adjacent to an activating group) is 1. The molecule has 1 rings (SSSR count). The maximum atomic E-state index is 11.7. The number of hydrogen-bond acceptors (Lipinski definition) is 4. The Hall–Kier alpha value is -2.24. The molecule has 0 radical (unpaired) electrons. The lowest BCUT2D eigenvalue weighted by Gasteiger charge is -2.37. The summed E-state index contributed by atoms with van der Waals surface area (Å²) in [6.07, 6.45) is 0. The molecule has 0 aliphatic rings. The van der Waals surface area contributed by atoms with Gasteiger partial charge in [-0.15, -0.1) is 0 Å². The van der Waals surface area contributed by atoms with Crippen molar-refractivity contribution in [3.8, 4) is 11.5 Å². The summed E-state index contributed by atoms with van der Waals surface area (Å²) in [6, 6.07) is 4.25. The van der Waals surface area contributed by atoms with E-state index in [-0.39, 0.29) is 24.0 Å². The lowest BCUT2D eigenvalue weighted by Crippen LogP contribution is -2.51. The fourth-order valence-electron chi connectivity index (χ4n) is 2.23. The Labute approximate surface area is 117 Å². The Bertz CT molecular complexity index is 528. The van der Waals surface area contributed by atoms with Gasteiger partial charge in [0.05, 0.1) is 7.11 Å². The van der Waals surface area contributed by atoms with E-state index in [0.29, 0.717) is 5.56 Å². The molecular formula is C14H19NO5. The number of carbonyl (C=O) groups excluding carboxylic acids is 1. The SMILES string of the molecule is CCN(C(C)=O)C(C)(C(=O)O)c1ccc(O)c(OC)c1. The average molecular weight is 281 g/mol. The van der Waals surface area contributed by atoms with Gasteiger partial charge in [-0.3, -0.25) is 4.79 Å². The second kappa shape index (κ2) is 5.81. The van der Waals surface area contributed by atoms with Gasteiger partial charge in [-0.25, -0.2) is 4.79 Å². The van der Waals surface area contributed by atoms with Crippen molar-refractivity contribution in [2.24, 2.45) is 0 Å². The van der Waals surface area contributed by atoms with E-state index in [1.54, 1.807) is 6.92 Å². The zero-order valence-electron chi connectivity index (χ0n) is 12.0. The van der Waals surface area contributed by atoms with Gasteiger partial charge in [0.25, 0.3) is 0 Å². The first-order chi connectivity index (χ1) is 9.28. The molecular weight excluding hydrogens is 262 g/mol. The minimum absolute atomic E-state index is 0.0881. The third kappa shape index (κ3) is 2.54. The van der Waals surface area contributed by atoms with Crippen molar-refractivity contribution >= 4 is 11.9 Å². The topological polar surface area (TPSA) is 87.1 Å². The van der Waals surface area contributed by atoms with Crippen LogP contribution in [0.3, 0.4) is 0 Å². The van der Waals surface area contributed by atoms with Gasteiger partial charge in [-0.05, 0) is 31.5 Å². The smallest absolute Gasteiger partial charge is 0.334 e. The third-order valence-corrected chi connectivity index (χ3v) is 3.39. The summed E-state index contributed by atoms with van der Waals surface area (Å²) in [7, 11) is 1.37. The molecule has 1 unspecified atom stereocenters. The van der Waals surface area contributed by atoms with E-state index in [0.717, 1.165) is 0 Å². The van der Waals surface area contributed by atoms with Crippen LogP contribution in [0, 0.1) is 0 Å². The van der Waals surface area contributed by atoms with Crippen LogP contribution < -0.4 is 4.74 Å². The summed E-state index contributed by atoms with van der Waals surface area (Å²) in [6.45, 7) is 4.73. The van der Waals surface area contributed by atoms with Crippen molar-refractivity contribution in [2.75, 3.05) is 13.7 Å². The Morgan fingerprint density at radius 1 is 1.40 bits per heavy atom. The van der Waals surface area contributed by atoms with E-state index >= 15 is 0 Å². The number of aromatic hydroxyl groups is 1. The zero-order valence-corrected chi connectivity index (χ0v) is 12.0. The Morgan fingerprint density at radius 3 is 2.40 bits per heavy atom. The first-order valence-electron chi connectivity index (χ1n) is 6.18. The maximum absolute atomic E-state index is 11.7. The third-order valence-electron chi connectivity index (χ3n) is 3.39. The molecule has 1 aromatic carbocycles. The van der Waals surface area contributed by atoms with Crippen LogP contribution >= 0.6 is 0 Å². The van der Waals surface area contributed by atoms with Crippen molar-refractivity contribution in [3.63, 3.8) is 0 Å². The van der Waals surface area contributed by atoms with Crippen LogP contribution in [0.2, 0.25) is 0 Å². The van der Waals surface area contributed by atoms with Crippen molar-refractivity contribution in [1.82, 2.24) is 4.90 Å². The highest BCUT2D eigenvalue weighted by Crippen LogP contribution is 2.35. The van der Waals surface area contributed by atoms with Gasteiger partial charge < -0.3 is 19.8 Å². The minimum atomic E-state index is -1.53. The monoisotopic (exact) mass is 281 g/mol. The first-order valence-corrected chi connectivity index (χ1v) is 6.18. The highest BCUT2D eigenvalue weighted by atomic mass is 16.5. The van der Waals surface area contributed by atoms with E-state index in [9.17, 15) is 19.8 Å². The van der Waals surface area contributed by atoms with Gasteiger partial charge in [0, 0.05) is 13.5 Å². The number of ether oxygens (including phenoxy) is 1. The standard InChI is InChI=1S/C14H19NO5/c1-5-15(9(2)16)14(3,13(18)19)10-6-7-11(17)12(8-10)20-4/h6-8,17H,5H2,1-4H3,(H,18,19). The molecule has 0 aromatic heterocycles. The summed E-state index contributed by atoms with van der Waals surface area (Å²) in [5, 5.41) is 19.2. The highest BCUT2D eigenvalue weighted by molar-refractivity contribution is 5.87. The Kier molecular flexibility index (Phi) is 4.60. The number of amides is 1. The van der Waals surface area contributed by atoms with Crippen molar-refractivity contribution in [3.05, 3.63) is 23.8 Å². The van der Waals surface area contributed by atoms with Crippen LogP contribution in [-0.4, -0.2) is 40.6 Å². The van der Waals surface area contributed by atoms with Crippen LogP contribution in [0.15, 0.2) is 18.2 Å². The first kappa shape index (κ1) is 15.8. The lowest BCUT2D eigenvalue weighted by atomic mass is 9.89. The largest absolute Gasteiger partial charge is 0.504 e. The van der Waals surface area contributed by atoms with Gasteiger partial charge in [-0.1, -0.05) is 6.07 Å². The predicted molar refractivity (Wildman–Crippen MR) is 72.7 cm³/mol. The van der Waals surface area contributed by atoms with E-state index in [2.05, 4.69) is 0 Å². The molecule has 0 heterocycles. The number of phenols is 1. The molecule has 1 aromatic rings. The summed E-state index contributed by atoms with van der Waals surface area (Å²) in [5.74, 6) is -1.42. The Balaban J connectivity index is 3.47. The fraction of sp³-hybridized carbons (Fsp3) is 0.429. The van der Waals surface area contributed by atoms with E-state index < -0.39 is 11.5 Å². The molecule has 0 aliphatic heterocycles. The normalized spacial score (nSPS) is 13.4. The fourth-order valence-corrected chi connectivity index (χ4v) is 2.23. The number of aliphatic carboxylic acids is 1. The van der Waals surface area contributed by atoms with Crippen LogP contribution in [0.4, 0.5) is 0 Å². The zero-order chi connectivity index (χ0) is 15.5. The predicted octanol–water partition coefficient (Wildman–Crippen LogP) is 1.57. The van der Waals surface area contributed by atoms with Crippen LogP contribution in [0.25, 0.3) is 0 Å². The number of phenolic OH excluding ortho intramolecular Hbond substituents is 1. The minimum Gasteiger partial charge on any atom is -0.504 e. The number of methoxy groups -OCH3 is 1. The molecule has 1 amide bonds. The molecule has 6 nitrogen and oxygen atoms in total. The second-order valence-corrected chi connectivity index (χ2v) is 4.53. The Morgan fingerprint density at radius 2 is 2.00 bits per heavy atom. The molecule has 20 heavy (non-hydrogen) atoms. The maximum Gasteiger partial charge on any atom is 0.334 e. The van der Waals surface area contributed by atoms with E-state index in [4.69, 9.17) is 4.74 Å². The number of hydrogen-bond donors (Lipinski definition) is 2. The molecule has 0 bridgehead atoms. The number of benzene rings is 1. The quantitative estimate of drug-likeness (QED) is 0.855. The van der Waals surface area contributed by atoms with Crippen molar-refractivity contribution < 1.29 is 24.5 Å². The van der Waals surface area contributed by atoms with Crippen LogP contribution in [-0.2, 0) is 15.1 Å². The summed E-state index contributed by atoms with van der Waals surface area (Å²) in [4.78, 5) is 24.7. The van der Waals surface area contributed by atoms with Gasteiger partial charge >= 0.3 is 5.97 Å². The molecule has 0 aliphatic carbocycles. The van der Waals surface area contributed by atoms with Gasteiger partial charge in [0.1, 0.15) is 0 Å². The molecule has 0 saturated carbocycles. The second-order valence-electron chi connectivity index (χ2n) is 4.53. The summed E-state index contributed by atoms with van der Waals surface area (Å²) in [5.41, 5.74) is -1.17. The highest BCUT2D eigenvalue weighted by Gasteiger charge is 2.42. The number of carboxylic acid groups (broad SMARTS) is 1. The molecule has 6 heteroatoms. The lowest BCUT2D eigenvalue weighted by molar-refractivity contribution is -0.158. The van der Waals surface area contributed by atoms with E-state index in [1.807, 2.05) is 0 Å². The summed E-state index contributed by atoms with van der Waals surface area (Å²) >= 11 is 0. The number of rotatable bonds is 5. The molecule has 2 N–H and O–H groups in total. The number of carbonyl (C=O) groups is 2. The molecule has 110 valence electrons. The average Bonchev–Trinajstić information content (AvgIpc) is 2.38. The van der Waals surface area contributed by atoms with Crippen molar-refractivity contribution in [1.29, 1.82) is 0 Å². The molecule has 0 saturated heterocycles. The van der Waals surface area contributed by atoms with Gasteiger partial charge in [0.15, 0.2) is 17.0 Å². The number of carboxylic acids is 1. The van der Waals surface area contributed by atoms with Crippen LogP contribution in [0.1, 0.15) is 26.3 Å². The summed E-state index contributed by atoms with van der Waals surface area (Å²) < 4.78 is 4.99. The molecule has 1 atom stereocenters.